The fourth-order valence-electron chi connectivity index (χ4n) is 3.29. The van der Waals surface area contributed by atoms with Crippen LogP contribution >= 0.6 is 45.2 Å². The van der Waals surface area contributed by atoms with Crippen LogP contribution in [0.5, 0.6) is 0 Å². The number of likely N-dealkylation sites (tertiary alicyclic amines) is 1. The van der Waals surface area contributed by atoms with Gasteiger partial charge in [-0.3, -0.25) is 4.79 Å². The maximum Gasteiger partial charge on any atom is 0.170 e. The van der Waals surface area contributed by atoms with E-state index >= 15 is 0 Å². The Morgan fingerprint density at radius 3 is 2.21 bits per heavy atom. The highest BCUT2D eigenvalue weighted by Crippen LogP contribution is 2.39. The molecule has 0 bridgehead atoms. The van der Waals surface area contributed by atoms with Crippen LogP contribution in [-0.2, 0) is 5.60 Å². The van der Waals surface area contributed by atoms with E-state index in [9.17, 15) is 9.90 Å². The third kappa shape index (κ3) is 3.68. The standard InChI is InChI=1S/C19H19I2NO2/c1-22-11-10-19(24,14-4-8-16(21)9-5-14)17(12-22)18(23)13-2-6-15(20)7-3-13/h2-9,17,24H,10-12H2,1H3. The molecule has 2 atom stereocenters. The summed E-state index contributed by atoms with van der Waals surface area (Å²) in [5.41, 5.74) is 0.385. The number of Topliss-reactive ketones (excluding diaryl/α,β-unsaturated/α-hetero) is 1. The molecule has 0 aliphatic carbocycles. The molecule has 126 valence electrons. The molecule has 0 radical (unpaired) electrons. The smallest absolute Gasteiger partial charge is 0.170 e. The minimum Gasteiger partial charge on any atom is -0.384 e. The molecule has 0 saturated carbocycles. The van der Waals surface area contributed by atoms with E-state index in [0.717, 1.165) is 19.2 Å². The van der Waals surface area contributed by atoms with E-state index in [0.29, 0.717) is 18.5 Å². The first-order chi connectivity index (χ1) is 11.4. The lowest BCUT2D eigenvalue weighted by Crippen LogP contribution is -2.52. The normalized spacial score (nSPS) is 24.8. The molecule has 2 aromatic rings. The van der Waals surface area contributed by atoms with Crippen LogP contribution in [0.1, 0.15) is 22.3 Å². The van der Waals surface area contributed by atoms with Gasteiger partial charge in [-0.25, -0.2) is 0 Å². The first kappa shape index (κ1) is 18.3. The molecule has 0 aromatic heterocycles. The molecule has 0 spiro atoms. The Hall–Kier alpha value is -0.510. The van der Waals surface area contributed by atoms with Gasteiger partial charge >= 0.3 is 0 Å². The number of benzene rings is 2. The van der Waals surface area contributed by atoms with E-state index in [1.54, 1.807) is 0 Å². The number of carbonyl (C=O) groups excluding carboxylic acids is 1. The number of hydrogen-bond donors (Lipinski definition) is 1. The maximum atomic E-state index is 13.1. The Balaban J connectivity index is 1.98. The zero-order valence-electron chi connectivity index (χ0n) is 13.4. The van der Waals surface area contributed by atoms with Crippen LogP contribution in [-0.4, -0.2) is 35.9 Å². The molecular weight excluding hydrogens is 528 g/mol. The van der Waals surface area contributed by atoms with Crippen molar-refractivity contribution in [2.75, 3.05) is 20.1 Å². The molecule has 3 nitrogen and oxygen atoms in total. The second kappa shape index (κ2) is 7.39. The van der Waals surface area contributed by atoms with E-state index < -0.39 is 11.5 Å². The molecule has 2 aromatic carbocycles. The Bertz CT molecular complexity index is 730. The fraction of sp³-hybridized carbons (Fsp3) is 0.316. The van der Waals surface area contributed by atoms with Crippen molar-refractivity contribution >= 4 is 51.0 Å². The predicted molar refractivity (Wildman–Crippen MR) is 112 cm³/mol. The minimum absolute atomic E-state index is 0.0130. The van der Waals surface area contributed by atoms with Crippen molar-refractivity contribution in [3.8, 4) is 0 Å². The zero-order valence-corrected chi connectivity index (χ0v) is 17.7. The van der Waals surface area contributed by atoms with Crippen molar-refractivity contribution in [3.63, 3.8) is 0 Å². The number of hydrogen-bond acceptors (Lipinski definition) is 3. The molecule has 3 rings (SSSR count). The van der Waals surface area contributed by atoms with E-state index in [4.69, 9.17) is 0 Å². The van der Waals surface area contributed by atoms with Crippen molar-refractivity contribution in [2.45, 2.75) is 12.0 Å². The van der Waals surface area contributed by atoms with Crippen LogP contribution in [0.3, 0.4) is 0 Å². The summed E-state index contributed by atoms with van der Waals surface area (Å²) in [4.78, 5) is 15.2. The van der Waals surface area contributed by atoms with E-state index in [1.165, 1.54) is 0 Å². The van der Waals surface area contributed by atoms with E-state index in [-0.39, 0.29) is 5.78 Å². The Labute approximate surface area is 169 Å². The topological polar surface area (TPSA) is 40.5 Å². The summed E-state index contributed by atoms with van der Waals surface area (Å²) in [7, 11) is 2.00. The lowest BCUT2D eigenvalue weighted by molar-refractivity contribution is -0.0594. The number of rotatable bonds is 3. The van der Waals surface area contributed by atoms with Gasteiger partial charge in [-0.05, 0) is 88.5 Å². The van der Waals surface area contributed by atoms with Gasteiger partial charge < -0.3 is 10.0 Å². The first-order valence-corrected chi connectivity index (χ1v) is 10.0. The van der Waals surface area contributed by atoms with Crippen molar-refractivity contribution in [3.05, 3.63) is 66.8 Å². The van der Waals surface area contributed by atoms with Gasteiger partial charge in [0.15, 0.2) is 5.78 Å². The van der Waals surface area contributed by atoms with Crippen LogP contribution in [0.15, 0.2) is 48.5 Å². The SMILES string of the molecule is CN1CCC(O)(c2ccc(I)cc2)C(C(=O)c2ccc(I)cc2)C1. The molecule has 1 aliphatic heterocycles. The number of carbonyl (C=O) groups is 1. The number of ketones is 1. The van der Waals surface area contributed by atoms with Crippen LogP contribution in [0.25, 0.3) is 0 Å². The summed E-state index contributed by atoms with van der Waals surface area (Å²) in [5, 5.41) is 11.4. The van der Waals surface area contributed by atoms with E-state index in [2.05, 4.69) is 50.1 Å². The molecule has 5 heteroatoms. The van der Waals surface area contributed by atoms with Crippen molar-refractivity contribution in [1.29, 1.82) is 0 Å². The van der Waals surface area contributed by atoms with Gasteiger partial charge in [-0.2, -0.15) is 0 Å². The highest BCUT2D eigenvalue weighted by molar-refractivity contribution is 14.1. The summed E-state index contributed by atoms with van der Waals surface area (Å²) in [6.07, 6.45) is 0.560. The predicted octanol–water partition coefficient (Wildman–Crippen LogP) is 3.92. The molecule has 2 unspecified atom stereocenters. The van der Waals surface area contributed by atoms with Crippen LogP contribution in [0.2, 0.25) is 0 Å². The molecule has 1 aliphatic rings. The summed E-state index contributed by atoms with van der Waals surface area (Å²) in [6.45, 7) is 1.34. The zero-order chi connectivity index (χ0) is 17.3. The van der Waals surface area contributed by atoms with Gasteiger partial charge in [-0.15, -0.1) is 0 Å². The highest BCUT2D eigenvalue weighted by atomic mass is 127. The third-order valence-corrected chi connectivity index (χ3v) is 6.17. The Kier molecular flexibility index (Phi) is 5.63. The average molecular weight is 547 g/mol. The first-order valence-electron chi connectivity index (χ1n) is 7.87. The summed E-state index contributed by atoms with van der Waals surface area (Å²) in [6, 6.07) is 15.4. The van der Waals surface area contributed by atoms with Gasteiger partial charge in [-0.1, -0.05) is 24.3 Å². The second-order valence-electron chi connectivity index (χ2n) is 6.37. The number of nitrogens with zero attached hydrogens (tertiary/aromatic N) is 1. The molecule has 1 fully saturated rings. The largest absolute Gasteiger partial charge is 0.384 e. The summed E-state index contributed by atoms with van der Waals surface area (Å²) in [5.74, 6) is -0.449. The molecule has 24 heavy (non-hydrogen) atoms. The van der Waals surface area contributed by atoms with Crippen LogP contribution < -0.4 is 0 Å². The van der Waals surface area contributed by atoms with Gasteiger partial charge in [0.05, 0.1) is 5.92 Å². The molecular formula is C19H19I2NO2. The molecule has 1 heterocycles. The third-order valence-electron chi connectivity index (χ3n) is 4.73. The van der Waals surface area contributed by atoms with Gasteiger partial charge in [0, 0.05) is 25.8 Å². The maximum absolute atomic E-state index is 13.1. The number of piperidine rings is 1. The molecule has 1 N–H and O–H groups in total. The summed E-state index contributed by atoms with van der Waals surface area (Å²) < 4.78 is 2.21. The monoisotopic (exact) mass is 547 g/mol. The summed E-state index contributed by atoms with van der Waals surface area (Å²) >= 11 is 4.48. The van der Waals surface area contributed by atoms with E-state index in [1.807, 2.05) is 55.6 Å². The Morgan fingerprint density at radius 1 is 1.08 bits per heavy atom. The van der Waals surface area contributed by atoms with Gasteiger partial charge in [0.2, 0.25) is 0 Å². The van der Waals surface area contributed by atoms with Crippen LogP contribution in [0, 0.1) is 13.1 Å². The fourth-order valence-corrected chi connectivity index (χ4v) is 4.01. The van der Waals surface area contributed by atoms with Crippen LogP contribution in [0.4, 0.5) is 0 Å². The van der Waals surface area contributed by atoms with Crippen molar-refractivity contribution < 1.29 is 9.90 Å². The quantitative estimate of drug-likeness (QED) is 0.469. The van der Waals surface area contributed by atoms with Crippen molar-refractivity contribution in [1.82, 2.24) is 4.90 Å². The highest BCUT2D eigenvalue weighted by Gasteiger charge is 2.46. The average Bonchev–Trinajstić information content (AvgIpc) is 2.58. The number of aliphatic hydroxyl groups is 1. The van der Waals surface area contributed by atoms with Crippen molar-refractivity contribution in [2.24, 2.45) is 5.92 Å². The number of halogens is 2. The lowest BCUT2D eigenvalue weighted by atomic mass is 9.73. The van der Waals surface area contributed by atoms with Gasteiger partial charge in [0.25, 0.3) is 0 Å². The Morgan fingerprint density at radius 2 is 1.62 bits per heavy atom. The molecule has 1 saturated heterocycles. The van der Waals surface area contributed by atoms with Gasteiger partial charge in [0.1, 0.15) is 5.60 Å². The minimum atomic E-state index is -1.11. The second-order valence-corrected chi connectivity index (χ2v) is 8.86. The molecule has 0 amide bonds. The lowest BCUT2D eigenvalue weighted by Gasteiger charge is -2.43.